The second kappa shape index (κ2) is 7.48. The van der Waals surface area contributed by atoms with Crippen LogP contribution in [0.25, 0.3) is 0 Å². The maximum absolute atomic E-state index is 13.2. The fourth-order valence-corrected chi connectivity index (χ4v) is 4.16. The number of thioether (sulfide) groups is 1. The van der Waals surface area contributed by atoms with E-state index < -0.39 is 6.04 Å². The lowest BCUT2D eigenvalue weighted by Gasteiger charge is -2.33. The Balaban J connectivity index is 1.67. The number of carbonyl (C=O) groups excluding carboxylic acids is 3. The van der Waals surface area contributed by atoms with E-state index in [1.165, 1.54) is 16.7 Å². The molecule has 138 valence electrons. The van der Waals surface area contributed by atoms with E-state index in [4.69, 9.17) is 0 Å². The summed E-state index contributed by atoms with van der Waals surface area (Å²) in [5.41, 5.74) is 0.756. The molecule has 1 saturated heterocycles. The smallest absolute Gasteiger partial charge is 0.256 e. The quantitative estimate of drug-likeness (QED) is 0.597. The third-order valence-electron chi connectivity index (χ3n) is 4.76. The van der Waals surface area contributed by atoms with Crippen LogP contribution in [0.2, 0.25) is 0 Å². The van der Waals surface area contributed by atoms with Gasteiger partial charge < -0.3 is 4.90 Å². The highest BCUT2D eigenvalue weighted by Gasteiger charge is 2.42. The van der Waals surface area contributed by atoms with Crippen molar-refractivity contribution in [3.05, 3.63) is 48.3 Å². The molecule has 0 spiro atoms. The fraction of sp³-hybridized carbons (Fsp3) is 0.316. The van der Waals surface area contributed by atoms with Crippen molar-refractivity contribution in [1.29, 1.82) is 0 Å². The van der Waals surface area contributed by atoms with E-state index >= 15 is 0 Å². The first-order valence-electron chi connectivity index (χ1n) is 8.83. The maximum atomic E-state index is 13.2. The first kappa shape index (κ1) is 17.7. The second-order valence-electron chi connectivity index (χ2n) is 6.41. The van der Waals surface area contributed by atoms with Crippen molar-refractivity contribution in [3.63, 3.8) is 0 Å². The average molecular weight is 382 g/mol. The number of para-hydroxylation sites is 1. The number of nitrogens with zero attached hydrogens (tertiary/aromatic N) is 4. The lowest BCUT2D eigenvalue weighted by molar-refractivity contribution is -0.128. The van der Waals surface area contributed by atoms with Crippen molar-refractivity contribution in [2.45, 2.75) is 30.5 Å². The SMILES string of the molecule is O=C(CSc1ncccn1)N1C(=O)C2CCCCN2C(=O)c2ccccc21. The van der Waals surface area contributed by atoms with Crippen LogP contribution >= 0.6 is 11.8 Å². The van der Waals surface area contributed by atoms with E-state index in [-0.39, 0.29) is 23.5 Å². The van der Waals surface area contributed by atoms with Gasteiger partial charge in [-0.2, -0.15) is 0 Å². The topological polar surface area (TPSA) is 83.5 Å². The molecule has 0 aliphatic carbocycles. The number of piperidine rings is 1. The van der Waals surface area contributed by atoms with Gasteiger partial charge in [0.05, 0.1) is 17.0 Å². The predicted octanol–water partition coefficient (Wildman–Crippen LogP) is 2.14. The number of aromatic nitrogens is 2. The highest BCUT2D eigenvalue weighted by atomic mass is 32.2. The number of amides is 3. The van der Waals surface area contributed by atoms with Crippen LogP contribution in [0, 0.1) is 0 Å². The molecule has 3 heterocycles. The molecular weight excluding hydrogens is 364 g/mol. The summed E-state index contributed by atoms with van der Waals surface area (Å²) >= 11 is 1.17. The van der Waals surface area contributed by atoms with Crippen LogP contribution in [-0.4, -0.2) is 50.9 Å². The Bertz CT molecular complexity index is 890. The van der Waals surface area contributed by atoms with Gasteiger partial charge >= 0.3 is 0 Å². The minimum Gasteiger partial charge on any atom is -0.327 e. The zero-order valence-electron chi connectivity index (χ0n) is 14.6. The molecule has 2 aliphatic rings. The Labute approximate surface area is 160 Å². The zero-order valence-corrected chi connectivity index (χ0v) is 15.4. The van der Waals surface area contributed by atoms with E-state index in [9.17, 15) is 14.4 Å². The van der Waals surface area contributed by atoms with Gasteiger partial charge in [-0.15, -0.1) is 0 Å². The van der Waals surface area contributed by atoms with Crippen molar-refractivity contribution in [2.24, 2.45) is 0 Å². The van der Waals surface area contributed by atoms with Crippen LogP contribution in [0.5, 0.6) is 0 Å². The third kappa shape index (κ3) is 3.32. The zero-order chi connectivity index (χ0) is 18.8. The highest BCUT2D eigenvalue weighted by Crippen LogP contribution is 2.32. The largest absolute Gasteiger partial charge is 0.327 e. The molecule has 1 unspecified atom stereocenters. The lowest BCUT2D eigenvalue weighted by Crippen LogP contribution is -2.52. The molecule has 1 fully saturated rings. The molecule has 1 atom stereocenters. The number of hydrogen-bond acceptors (Lipinski definition) is 6. The van der Waals surface area contributed by atoms with Crippen LogP contribution in [0.1, 0.15) is 29.6 Å². The summed E-state index contributed by atoms with van der Waals surface area (Å²) in [6.45, 7) is 0.540. The molecule has 27 heavy (non-hydrogen) atoms. The second-order valence-corrected chi connectivity index (χ2v) is 7.36. The molecule has 0 bridgehead atoms. The van der Waals surface area contributed by atoms with Gasteiger partial charge in [-0.05, 0) is 37.5 Å². The van der Waals surface area contributed by atoms with E-state index in [0.29, 0.717) is 29.4 Å². The summed E-state index contributed by atoms with van der Waals surface area (Å²) in [5, 5.41) is 0.469. The number of imide groups is 1. The first-order chi connectivity index (χ1) is 13.2. The van der Waals surface area contributed by atoms with Gasteiger partial charge in [-0.1, -0.05) is 23.9 Å². The molecule has 0 radical (unpaired) electrons. The van der Waals surface area contributed by atoms with Crippen molar-refractivity contribution in [3.8, 4) is 0 Å². The minimum atomic E-state index is -0.583. The number of carbonyl (C=O) groups is 3. The van der Waals surface area contributed by atoms with Crippen LogP contribution in [0.4, 0.5) is 5.69 Å². The summed E-state index contributed by atoms with van der Waals surface area (Å²) in [5.74, 6) is -0.860. The number of rotatable bonds is 3. The molecule has 2 aliphatic heterocycles. The van der Waals surface area contributed by atoms with Crippen LogP contribution in [0.3, 0.4) is 0 Å². The van der Waals surface area contributed by atoms with E-state index in [2.05, 4.69) is 9.97 Å². The van der Waals surface area contributed by atoms with Crippen LogP contribution in [-0.2, 0) is 9.59 Å². The van der Waals surface area contributed by atoms with Crippen LogP contribution in [0.15, 0.2) is 47.9 Å². The van der Waals surface area contributed by atoms with Crippen molar-refractivity contribution in [2.75, 3.05) is 17.2 Å². The fourth-order valence-electron chi connectivity index (χ4n) is 3.51. The Kier molecular flexibility index (Phi) is 4.89. The van der Waals surface area contributed by atoms with Gasteiger partial charge in [-0.25, -0.2) is 14.9 Å². The summed E-state index contributed by atoms with van der Waals surface area (Å²) < 4.78 is 0. The monoisotopic (exact) mass is 382 g/mol. The lowest BCUT2D eigenvalue weighted by atomic mass is 10.0. The molecule has 1 aromatic carbocycles. The molecule has 4 rings (SSSR count). The summed E-state index contributed by atoms with van der Waals surface area (Å²) in [7, 11) is 0. The Morgan fingerprint density at radius 1 is 1.11 bits per heavy atom. The van der Waals surface area contributed by atoms with Gasteiger partial charge in [0.1, 0.15) is 6.04 Å². The molecule has 0 saturated carbocycles. The van der Waals surface area contributed by atoms with Gasteiger partial charge in [0.25, 0.3) is 11.8 Å². The van der Waals surface area contributed by atoms with E-state index in [0.717, 1.165) is 12.8 Å². The summed E-state index contributed by atoms with van der Waals surface area (Å²) in [4.78, 5) is 50.1. The Morgan fingerprint density at radius 3 is 2.70 bits per heavy atom. The Hall–Kier alpha value is -2.74. The van der Waals surface area contributed by atoms with Gasteiger partial charge in [0, 0.05) is 18.9 Å². The predicted molar refractivity (Wildman–Crippen MR) is 100 cm³/mol. The van der Waals surface area contributed by atoms with E-state index in [1.807, 2.05) is 0 Å². The highest BCUT2D eigenvalue weighted by molar-refractivity contribution is 7.99. The molecule has 2 aromatic rings. The van der Waals surface area contributed by atoms with Crippen molar-refractivity contribution in [1.82, 2.24) is 14.9 Å². The molecule has 1 aromatic heterocycles. The van der Waals surface area contributed by atoms with Crippen LogP contribution < -0.4 is 4.90 Å². The molecule has 3 amide bonds. The van der Waals surface area contributed by atoms with Gasteiger partial charge in [0.15, 0.2) is 5.16 Å². The molecule has 7 nitrogen and oxygen atoms in total. The first-order valence-corrected chi connectivity index (χ1v) is 9.82. The average Bonchev–Trinajstić information content (AvgIpc) is 2.81. The van der Waals surface area contributed by atoms with Crippen molar-refractivity contribution >= 4 is 35.2 Å². The van der Waals surface area contributed by atoms with Gasteiger partial charge in [0.2, 0.25) is 5.91 Å². The molecule has 8 heteroatoms. The maximum Gasteiger partial charge on any atom is 0.256 e. The number of anilines is 1. The van der Waals surface area contributed by atoms with Gasteiger partial charge in [-0.3, -0.25) is 14.4 Å². The van der Waals surface area contributed by atoms with Crippen molar-refractivity contribution < 1.29 is 14.4 Å². The van der Waals surface area contributed by atoms with E-state index in [1.54, 1.807) is 47.6 Å². The number of benzene rings is 1. The normalized spacial score (nSPS) is 19.3. The molecule has 0 N–H and O–H groups in total. The number of fused-ring (bicyclic) bond motifs is 2. The number of hydrogen-bond donors (Lipinski definition) is 0. The minimum absolute atomic E-state index is 0.0188. The Morgan fingerprint density at radius 2 is 1.89 bits per heavy atom. The molecular formula is C19H18N4O3S. The standard InChI is InChI=1S/C19H18N4O3S/c24-16(12-27-19-20-9-5-10-21-19)23-14-7-2-1-6-13(14)17(25)22-11-4-3-8-15(22)18(23)26/h1-2,5-7,9-10,15H,3-4,8,11-12H2. The summed E-state index contributed by atoms with van der Waals surface area (Å²) in [6, 6.07) is 7.93. The third-order valence-corrected chi connectivity index (χ3v) is 5.62. The summed E-state index contributed by atoms with van der Waals surface area (Å²) in [6.07, 6.45) is 5.52.